The molecule has 0 aromatic carbocycles. The third kappa shape index (κ3) is 5.04. The van der Waals surface area contributed by atoms with Crippen LogP contribution < -0.4 is 0 Å². The zero-order chi connectivity index (χ0) is 11.1. The number of carbonyl (C=O) groups excluding carboxylic acids is 3. The van der Waals surface area contributed by atoms with Gasteiger partial charge in [-0.1, -0.05) is 6.58 Å². The van der Waals surface area contributed by atoms with Crippen LogP contribution in [0.5, 0.6) is 0 Å². The molecule has 0 aromatic heterocycles. The van der Waals surface area contributed by atoms with Gasteiger partial charge in [0, 0.05) is 5.57 Å². The Bertz CT molecular complexity index is 267. The molecule has 0 saturated carbocycles. The Kier molecular flexibility index (Phi) is 5.16. The second-order valence-electron chi connectivity index (χ2n) is 2.36. The first-order valence-electron chi connectivity index (χ1n) is 3.64. The van der Waals surface area contributed by atoms with Gasteiger partial charge in [0.1, 0.15) is 6.61 Å². The maximum Gasteiger partial charge on any atom is 0.351 e. The molecule has 0 aliphatic rings. The van der Waals surface area contributed by atoms with Crippen LogP contribution in [0.3, 0.4) is 0 Å². The Morgan fingerprint density at radius 3 is 2.29 bits per heavy atom. The zero-order valence-electron chi connectivity index (χ0n) is 7.61. The summed E-state index contributed by atoms with van der Waals surface area (Å²) in [6, 6.07) is 0. The van der Waals surface area contributed by atoms with Crippen LogP contribution >= 0.6 is 0 Å². The molecule has 0 fully saturated rings. The van der Waals surface area contributed by atoms with Gasteiger partial charge >= 0.3 is 17.9 Å². The van der Waals surface area contributed by atoms with Gasteiger partial charge in [-0.05, 0) is 6.92 Å². The Labute approximate surface area is 80.1 Å². The molecule has 0 atom stereocenters. The van der Waals surface area contributed by atoms with E-state index in [0.29, 0.717) is 0 Å². The lowest BCUT2D eigenvalue weighted by Crippen LogP contribution is -2.21. The van der Waals surface area contributed by atoms with Crippen molar-refractivity contribution in [2.45, 2.75) is 6.92 Å². The molecule has 0 unspecified atom stereocenters. The second kappa shape index (κ2) is 5.87. The van der Waals surface area contributed by atoms with E-state index in [-0.39, 0.29) is 5.57 Å². The minimum absolute atomic E-state index is 0.131. The van der Waals surface area contributed by atoms with Gasteiger partial charge in [0.15, 0.2) is 6.61 Å². The van der Waals surface area contributed by atoms with Gasteiger partial charge in [0.2, 0.25) is 0 Å². The van der Waals surface area contributed by atoms with Crippen LogP contribution in [0.15, 0.2) is 12.2 Å². The SMILES string of the molecule is C=C(C)C(=O)OCC(=O)OC(=O)CO. The van der Waals surface area contributed by atoms with Crippen LogP contribution in [-0.4, -0.2) is 36.2 Å². The van der Waals surface area contributed by atoms with Gasteiger partial charge in [0.05, 0.1) is 0 Å². The van der Waals surface area contributed by atoms with Crippen LogP contribution in [-0.2, 0) is 23.9 Å². The van der Waals surface area contributed by atoms with Gasteiger partial charge in [-0.3, -0.25) is 0 Å². The van der Waals surface area contributed by atoms with Crippen LogP contribution in [0.1, 0.15) is 6.92 Å². The molecule has 78 valence electrons. The molecular weight excluding hydrogens is 192 g/mol. The maximum absolute atomic E-state index is 10.7. The Morgan fingerprint density at radius 2 is 1.86 bits per heavy atom. The van der Waals surface area contributed by atoms with Crippen molar-refractivity contribution in [3.63, 3.8) is 0 Å². The summed E-state index contributed by atoms with van der Waals surface area (Å²) in [6.07, 6.45) is 0. The highest BCUT2D eigenvalue weighted by atomic mass is 16.6. The molecule has 0 radical (unpaired) electrons. The van der Waals surface area contributed by atoms with Crippen molar-refractivity contribution < 1.29 is 29.0 Å². The van der Waals surface area contributed by atoms with Gasteiger partial charge < -0.3 is 14.6 Å². The van der Waals surface area contributed by atoms with Crippen LogP contribution in [0, 0.1) is 0 Å². The summed E-state index contributed by atoms with van der Waals surface area (Å²) in [4.78, 5) is 31.8. The van der Waals surface area contributed by atoms with Crippen molar-refractivity contribution in [1.29, 1.82) is 0 Å². The number of carbonyl (C=O) groups is 3. The first kappa shape index (κ1) is 12.3. The molecule has 0 aliphatic heterocycles. The molecule has 0 saturated heterocycles. The predicted molar refractivity (Wildman–Crippen MR) is 44.0 cm³/mol. The molecule has 0 rings (SSSR count). The largest absolute Gasteiger partial charge is 0.450 e. The molecule has 0 aromatic rings. The Balaban J connectivity index is 3.80. The average molecular weight is 202 g/mol. The van der Waals surface area contributed by atoms with Crippen LogP contribution in [0.2, 0.25) is 0 Å². The minimum atomic E-state index is -1.10. The molecule has 0 spiro atoms. The minimum Gasteiger partial charge on any atom is -0.450 e. The fraction of sp³-hybridized carbons (Fsp3) is 0.375. The van der Waals surface area contributed by atoms with E-state index in [4.69, 9.17) is 5.11 Å². The van der Waals surface area contributed by atoms with Gasteiger partial charge in [-0.25, -0.2) is 14.4 Å². The first-order valence-corrected chi connectivity index (χ1v) is 3.64. The number of hydrogen-bond donors (Lipinski definition) is 1. The highest BCUT2D eigenvalue weighted by molar-refractivity contribution is 5.90. The van der Waals surface area contributed by atoms with Crippen molar-refractivity contribution in [2.24, 2.45) is 0 Å². The van der Waals surface area contributed by atoms with E-state index in [1.165, 1.54) is 6.92 Å². The Morgan fingerprint density at radius 1 is 1.29 bits per heavy atom. The van der Waals surface area contributed by atoms with Crippen LogP contribution in [0.4, 0.5) is 0 Å². The van der Waals surface area contributed by atoms with E-state index < -0.39 is 31.1 Å². The predicted octanol–water partition coefficient (Wildman–Crippen LogP) is -0.832. The van der Waals surface area contributed by atoms with Gasteiger partial charge in [0.25, 0.3) is 0 Å². The molecular formula is C8H10O6. The van der Waals surface area contributed by atoms with Gasteiger partial charge in [-0.2, -0.15) is 0 Å². The topological polar surface area (TPSA) is 89.9 Å². The molecule has 1 N–H and O–H groups in total. The number of aliphatic hydroxyl groups is 1. The number of ether oxygens (including phenoxy) is 2. The second-order valence-corrected chi connectivity index (χ2v) is 2.36. The summed E-state index contributed by atoms with van der Waals surface area (Å²) in [5, 5.41) is 8.20. The molecule has 6 nitrogen and oxygen atoms in total. The van der Waals surface area contributed by atoms with Gasteiger partial charge in [-0.15, -0.1) is 0 Å². The van der Waals surface area contributed by atoms with Crippen molar-refractivity contribution in [3.8, 4) is 0 Å². The lowest BCUT2D eigenvalue weighted by molar-refractivity contribution is -0.167. The summed E-state index contributed by atoms with van der Waals surface area (Å²) >= 11 is 0. The number of aliphatic hydroxyl groups excluding tert-OH is 1. The summed E-state index contributed by atoms with van der Waals surface area (Å²) in [5.74, 6) is -2.89. The number of rotatable bonds is 4. The highest BCUT2D eigenvalue weighted by Gasteiger charge is 2.12. The first-order chi connectivity index (χ1) is 6.47. The summed E-state index contributed by atoms with van der Waals surface area (Å²) in [6.45, 7) is 3.10. The standard InChI is InChI=1S/C8H10O6/c1-5(2)8(12)13-4-7(11)14-6(10)3-9/h9H,1,3-4H2,2H3. The molecule has 0 aliphatic carbocycles. The van der Waals surface area contributed by atoms with E-state index in [1.54, 1.807) is 0 Å². The van der Waals surface area contributed by atoms with Crippen molar-refractivity contribution >= 4 is 17.9 Å². The molecule has 6 heteroatoms. The maximum atomic E-state index is 10.7. The Hall–Kier alpha value is -1.69. The van der Waals surface area contributed by atoms with E-state index >= 15 is 0 Å². The third-order valence-electron chi connectivity index (χ3n) is 1.03. The molecule has 14 heavy (non-hydrogen) atoms. The van der Waals surface area contributed by atoms with E-state index in [1.807, 2.05) is 0 Å². The van der Waals surface area contributed by atoms with Crippen LogP contribution in [0.25, 0.3) is 0 Å². The lowest BCUT2D eigenvalue weighted by Gasteiger charge is -2.02. The number of hydrogen-bond acceptors (Lipinski definition) is 6. The summed E-state index contributed by atoms with van der Waals surface area (Å²) in [7, 11) is 0. The zero-order valence-corrected chi connectivity index (χ0v) is 7.61. The smallest absolute Gasteiger partial charge is 0.351 e. The fourth-order valence-electron chi connectivity index (χ4n) is 0.436. The van der Waals surface area contributed by atoms with Crippen molar-refractivity contribution in [1.82, 2.24) is 0 Å². The summed E-state index contributed by atoms with van der Waals surface area (Å²) < 4.78 is 8.36. The number of esters is 3. The van der Waals surface area contributed by atoms with E-state index in [9.17, 15) is 14.4 Å². The quantitative estimate of drug-likeness (QED) is 0.363. The van der Waals surface area contributed by atoms with Crippen molar-refractivity contribution in [3.05, 3.63) is 12.2 Å². The molecule has 0 heterocycles. The molecule has 0 bridgehead atoms. The lowest BCUT2D eigenvalue weighted by atomic mass is 10.4. The van der Waals surface area contributed by atoms with E-state index in [0.717, 1.165) is 0 Å². The normalized spacial score (nSPS) is 9.00. The average Bonchev–Trinajstić information content (AvgIpc) is 2.13. The molecule has 0 amide bonds. The fourth-order valence-corrected chi connectivity index (χ4v) is 0.436. The van der Waals surface area contributed by atoms with E-state index in [2.05, 4.69) is 16.1 Å². The third-order valence-corrected chi connectivity index (χ3v) is 1.03. The highest BCUT2D eigenvalue weighted by Crippen LogP contribution is 1.92. The summed E-state index contributed by atoms with van der Waals surface area (Å²) in [5.41, 5.74) is 0.131. The van der Waals surface area contributed by atoms with Crippen molar-refractivity contribution in [2.75, 3.05) is 13.2 Å². The monoisotopic (exact) mass is 202 g/mol.